The van der Waals surface area contributed by atoms with E-state index in [0.717, 1.165) is 30.9 Å². The van der Waals surface area contributed by atoms with Crippen LogP contribution in [0.25, 0.3) is 0 Å². The van der Waals surface area contributed by atoms with Crippen LogP contribution in [0.4, 0.5) is 8.78 Å². The standard InChI is InChI=1S/C21H24F2N2O3S/c1-29(27,28)25-8-6-16(7-9-25)10-15-2-4-18(5-3-15)21(26)24-14-17-11-19(22)13-20(23)12-17/h2-5,11-13,16H,6-10,14H2,1H3,(H,24,26). The number of nitrogens with zero attached hydrogens (tertiary/aromatic N) is 1. The van der Waals surface area contributed by atoms with Crippen molar-refractivity contribution in [3.05, 3.63) is 70.8 Å². The van der Waals surface area contributed by atoms with Crippen LogP contribution >= 0.6 is 0 Å². The average molecular weight is 422 g/mol. The topological polar surface area (TPSA) is 66.5 Å². The van der Waals surface area contributed by atoms with Crippen LogP contribution in [-0.2, 0) is 23.0 Å². The average Bonchev–Trinajstić information content (AvgIpc) is 2.66. The summed E-state index contributed by atoms with van der Waals surface area (Å²) in [6.45, 7) is 1.13. The lowest BCUT2D eigenvalue weighted by atomic mass is 9.91. The Morgan fingerprint density at radius 2 is 1.62 bits per heavy atom. The maximum atomic E-state index is 13.2. The minimum absolute atomic E-state index is 0.0359. The van der Waals surface area contributed by atoms with E-state index in [2.05, 4.69) is 5.32 Å². The second-order valence-corrected chi connectivity index (χ2v) is 9.45. The molecule has 0 saturated carbocycles. The number of sulfonamides is 1. The largest absolute Gasteiger partial charge is 0.348 e. The zero-order chi connectivity index (χ0) is 21.0. The number of halogens is 2. The molecule has 1 aliphatic rings. The molecule has 0 bridgehead atoms. The van der Waals surface area contributed by atoms with E-state index in [1.807, 2.05) is 12.1 Å². The van der Waals surface area contributed by atoms with Gasteiger partial charge < -0.3 is 5.32 Å². The summed E-state index contributed by atoms with van der Waals surface area (Å²) in [5.74, 6) is -1.26. The molecular weight excluding hydrogens is 398 g/mol. The van der Waals surface area contributed by atoms with Gasteiger partial charge in [0.05, 0.1) is 6.26 Å². The number of nitrogens with one attached hydrogen (secondary N) is 1. The second kappa shape index (κ2) is 9.00. The van der Waals surface area contributed by atoms with Crippen molar-refractivity contribution in [2.24, 2.45) is 5.92 Å². The molecule has 0 aliphatic carbocycles. The van der Waals surface area contributed by atoms with E-state index in [4.69, 9.17) is 0 Å². The zero-order valence-corrected chi connectivity index (χ0v) is 17.0. The SMILES string of the molecule is CS(=O)(=O)N1CCC(Cc2ccc(C(=O)NCc3cc(F)cc(F)c3)cc2)CC1. The molecule has 5 nitrogen and oxygen atoms in total. The maximum absolute atomic E-state index is 13.2. The van der Waals surface area contributed by atoms with E-state index in [9.17, 15) is 22.0 Å². The van der Waals surface area contributed by atoms with Crippen molar-refractivity contribution < 1.29 is 22.0 Å². The van der Waals surface area contributed by atoms with Gasteiger partial charge in [-0.1, -0.05) is 12.1 Å². The Hall–Kier alpha value is -2.32. The lowest BCUT2D eigenvalue weighted by molar-refractivity contribution is 0.0950. The number of piperidine rings is 1. The molecular formula is C21H24F2N2O3S. The summed E-state index contributed by atoms with van der Waals surface area (Å²) < 4.78 is 51.1. The molecule has 0 atom stereocenters. The maximum Gasteiger partial charge on any atom is 0.251 e. The Labute approximate surface area is 169 Å². The van der Waals surface area contributed by atoms with Gasteiger partial charge in [0.25, 0.3) is 5.91 Å². The molecule has 156 valence electrons. The highest BCUT2D eigenvalue weighted by atomic mass is 32.2. The lowest BCUT2D eigenvalue weighted by Crippen LogP contribution is -2.38. The second-order valence-electron chi connectivity index (χ2n) is 7.47. The van der Waals surface area contributed by atoms with Gasteiger partial charge in [-0.15, -0.1) is 0 Å². The quantitative estimate of drug-likeness (QED) is 0.778. The molecule has 2 aromatic rings. The first-order chi connectivity index (χ1) is 13.7. The van der Waals surface area contributed by atoms with Crippen LogP contribution in [0.1, 0.15) is 34.3 Å². The summed E-state index contributed by atoms with van der Waals surface area (Å²) in [7, 11) is -3.12. The van der Waals surface area contributed by atoms with Crippen molar-refractivity contribution in [1.82, 2.24) is 9.62 Å². The number of hydrogen-bond acceptors (Lipinski definition) is 3. The summed E-state index contributed by atoms with van der Waals surface area (Å²) >= 11 is 0. The molecule has 0 aromatic heterocycles. The van der Waals surface area contributed by atoms with Crippen molar-refractivity contribution in [2.75, 3.05) is 19.3 Å². The smallest absolute Gasteiger partial charge is 0.251 e. The summed E-state index contributed by atoms with van der Waals surface area (Å²) in [4.78, 5) is 12.3. The lowest BCUT2D eigenvalue weighted by Gasteiger charge is -2.30. The Morgan fingerprint density at radius 1 is 1.03 bits per heavy atom. The van der Waals surface area contributed by atoms with E-state index < -0.39 is 21.7 Å². The summed E-state index contributed by atoms with van der Waals surface area (Å²) in [5, 5.41) is 2.65. The molecule has 1 saturated heterocycles. The van der Waals surface area contributed by atoms with Gasteiger partial charge in [-0.3, -0.25) is 4.79 Å². The fourth-order valence-electron chi connectivity index (χ4n) is 3.57. The Morgan fingerprint density at radius 3 is 2.17 bits per heavy atom. The van der Waals surface area contributed by atoms with Crippen molar-refractivity contribution in [3.8, 4) is 0 Å². The van der Waals surface area contributed by atoms with Crippen LogP contribution in [0.2, 0.25) is 0 Å². The van der Waals surface area contributed by atoms with Crippen LogP contribution in [0.15, 0.2) is 42.5 Å². The monoisotopic (exact) mass is 422 g/mol. The fourth-order valence-corrected chi connectivity index (χ4v) is 4.44. The summed E-state index contributed by atoms with van der Waals surface area (Å²) in [6.07, 6.45) is 3.71. The predicted octanol–water partition coefficient (Wildman–Crippen LogP) is 3.11. The van der Waals surface area contributed by atoms with Gasteiger partial charge >= 0.3 is 0 Å². The molecule has 1 N–H and O–H groups in total. The van der Waals surface area contributed by atoms with Crippen molar-refractivity contribution in [1.29, 1.82) is 0 Å². The van der Waals surface area contributed by atoms with Crippen molar-refractivity contribution in [3.63, 3.8) is 0 Å². The number of hydrogen-bond donors (Lipinski definition) is 1. The number of carbonyl (C=O) groups excluding carboxylic acids is 1. The number of benzene rings is 2. The number of amides is 1. The Kier molecular flexibility index (Phi) is 6.64. The van der Waals surface area contributed by atoms with E-state index in [-0.39, 0.29) is 12.5 Å². The number of carbonyl (C=O) groups is 1. The highest BCUT2D eigenvalue weighted by Gasteiger charge is 2.24. The van der Waals surface area contributed by atoms with Gasteiger partial charge in [0, 0.05) is 31.3 Å². The van der Waals surface area contributed by atoms with Crippen LogP contribution < -0.4 is 5.32 Å². The first kappa shape index (κ1) is 21.4. The third kappa shape index (κ3) is 6.08. The van der Waals surface area contributed by atoms with Crippen molar-refractivity contribution >= 4 is 15.9 Å². The molecule has 1 heterocycles. The molecule has 3 rings (SSSR count). The number of rotatable bonds is 6. The van der Waals surface area contributed by atoms with Gasteiger partial charge in [0.2, 0.25) is 10.0 Å². The molecule has 8 heteroatoms. The zero-order valence-electron chi connectivity index (χ0n) is 16.2. The minimum Gasteiger partial charge on any atom is -0.348 e. The van der Waals surface area contributed by atoms with Crippen LogP contribution in [0.3, 0.4) is 0 Å². The van der Waals surface area contributed by atoms with Crippen LogP contribution in [-0.4, -0.2) is 38.0 Å². The molecule has 2 aromatic carbocycles. The molecule has 0 spiro atoms. The Balaban J connectivity index is 1.51. The predicted molar refractivity (Wildman–Crippen MR) is 107 cm³/mol. The van der Waals surface area contributed by atoms with Gasteiger partial charge in [-0.25, -0.2) is 21.5 Å². The summed E-state index contributed by atoms with van der Waals surface area (Å²) in [6, 6.07) is 10.4. The highest BCUT2D eigenvalue weighted by molar-refractivity contribution is 7.88. The van der Waals surface area contributed by atoms with Gasteiger partial charge in [-0.2, -0.15) is 0 Å². The minimum atomic E-state index is -3.12. The molecule has 1 aliphatic heterocycles. The Bertz CT molecular complexity index is 950. The van der Waals surface area contributed by atoms with E-state index >= 15 is 0 Å². The van der Waals surface area contributed by atoms with E-state index in [1.165, 1.54) is 22.7 Å². The van der Waals surface area contributed by atoms with E-state index in [1.54, 1.807) is 12.1 Å². The van der Waals surface area contributed by atoms with Gasteiger partial charge in [0.1, 0.15) is 11.6 Å². The fraction of sp³-hybridized carbons (Fsp3) is 0.381. The first-order valence-electron chi connectivity index (χ1n) is 9.48. The van der Waals surface area contributed by atoms with Crippen molar-refractivity contribution in [2.45, 2.75) is 25.8 Å². The molecule has 1 fully saturated rings. The highest BCUT2D eigenvalue weighted by Crippen LogP contribution is 2.23. The van der Waals surface area contributed by atoms with E-state index in [0.29, 0.717) is 30.1 Å². The van der Waals surface area contributed by atoms with Gasteiger partial charge in [0.15, 0.2) is 0 Å². The van der Waals surface area contributed by atoms with Crippen LogP contribution in [0, 0.1) is 17.6 Å². The third-order valence-corrected chi connectivity index (χ3v) is 6.46. The van der Waals surface area contributed by atoms with Crippen LogP contribution in [0.5, 0.6) is 0 Å². The molecule has 0 radical (unpaired) electrons. The summed E-state index contributed by atoms with van der Waals surface area (Å²) in [5.41, 5.74) is 1.91. The normalized spacial score (nSPS) is 16.0. The first-order valence-corrected chi connectivity index (χ1v) is 11.3. The molecule has 29 heavy (non-hydrogen) atoms. The van der Waals surface area contributed by atoms with Gasteiger partial charge in [-0.05, 0) is 60.6 Å². The third-order valence-electron chi connectivity index (χ3n) is 5.16. The molecule has 1 amide bonds. The molecule has 0 unspecified atom stereocenters.